The Kier molecular flexibility index (Phi) is 2.76. The van der Waals surface area contributed by atoms with Gasteiger partial charge in [-0.15, -0.1) is 11.3 Å². The Hall–Kier alpha value is -2.27. The van der Waals surface area contributed by atoms with Crippen molar-refractivity contribution in [3.63, 3.8) is 0 Å². The van der Waals surface area contributed by atoms with Crippen molar-refractivity contribution in [2.45, 2.75) is 6.04 Å². The molecule has 1 radical (unpaired) electrons. The highest BCUT2D eigenvalue weighted by Gasteiger charge is 2.40. The van der Waals surface area contributed by atoms with E-state index in [0.29, 0.717) is 16.0 Å². The van der Waals surface area contributed by atoms with Crippen molar-refractivity contribution < 1.29 is 14.4 Å². The number of rotatable bonds is 3. The molecular formula is C14H8NO3S. The summed E-state index contributed by atoms with van der Waals surface area (Å²) in [6, 6.07) is 9.08. The van der Waals surface area contributed by atoms with Crippen molar-refractivity contribution in [3.05, 3.63) is 57.8 Å². The molecule has 1 unspecified atom stereocenters. The van der Waals surface area contributed by atoms with Crippen LogP contribution >= 0.6 is 11.3 Å². The zero-order chi connectivity index (χ0) is 13.4. The van der Waals surface area contributed by atoms with Crippen LogP contribution in [-0.4, -0.2) is 23.0 Å². The molecule has 0 spiro atoms. The van der Waals surface area contributed by atoms with Gasteiger partial charge >= 0.3 is 0 Å². The standard InChI is InChI=1S/C14H8NO3S/c16-8-11(12-6-3-7-19-12)15-13(17)9-4-1-2-5-10(9)14(15)18/h1-7,11H. The third-order valence-corrected chi connectivity index (χ3v) is 3.93. The number of carbonyl (C=O) groups is 2. The van der Waals surface area contributed by atoms with Crippen LogP contribution in [0.3, 0.4) is 0 Å². The number of hydrogen-bond acceptors (Lipinski definition) is 4. The topological polar surface area (TPSA) is 54.5 Å². The molecule has 1 aliphatic rings. The summed E-state index contributed by atoms with van der Waals surface area (Å²) < 4.78 is 0. The van der Waals surface area contributed by atoms with E-state index in [0.717, 1.165) is 4.90 Å². The van der Waals surface area contributed by atoms with E-state index in [2.05, 4.69) is 0 Å². The number of carbonyl (C=O) groups excluding carboxylic acids is 3. The highest BCUT2D eigenvalue weighted by atomic mass is 32.1. The van der Waals surface area contributed by atoms with Gasteiger partial charge in [-0.05, 0) is 23.6 Å². The zero-order valence-corrected chi connectivity index (χ0v) is 10.5. The molecule has 5 heteroatoms. The van der Waals surface area contributed by atoms with Crippen LogP contribution < -0.4 is 0 Å². The van der Waals surface area contributed by atoms with Crippen molar-refractivity contribution in [1.29, 1.82) is 0 Å². The van der Waals surface area contributed by atoms with Gasteiger partial charge < -0.3 is 0 Å². The minimum atomic E-state index is -0.965. The van der Waals surface area contributed by atoms with Crippen LogP contribution in [-0.2, 0) is 4.79 Å². The molecule has 0 bridgehead atoms. The number of imide groups is 1. The lowest BCUT2D eigenvalue weighted by molar-refractivity contribution is 0.0624. The van der Waals surface area contributed by atoms with Gasteiger partial charge in [0, 0.05) is 4.88 Å². The van der Waals surface area contributed by atoms with Gasteiger partial charge in [0.1, 0.15) is 6.04 Å². The van der Waals surface area contributed by atoms with Crippen molar-refractivity contribution in [3.8, 4) is 0 Å². The van der Waals surface area contributed by atoms with Gasteiger partial charge in [-0.3, -0.25) is 19.3 Å². The van der Waals surface area contributed by atoms with E-state index in [9.17, 15) is 14.4 Å². The SMILES string of the molecule is O=[C]C(c1cccs1)N1C(=O)c2ccccc2C1=O. The number of hydrogen-bond donors (Lipinski definition) is 0. The van der Waals surface area contributed by atoms with Gasteiger partial charge in [0.15, 0.2) is 0 Å². The van der Waals surface area contributed by atoms with E-state index >= 15 is 0 Å². The first-order chi connectivity index (χ1) is 9.24. The van der Waals surface area contributed by atoms with Crippen LogP contribution in [0.25, 0.3) is 0 Å². The third-order valence-electron chi connectivity index (χ3n) is 3.01. The Balaban J connectivity index is 2.06. The van der Waals surface area contributed by atoms with E-state index in [-0.39, 0.29) is 0 Å². The first-order valence-corrected chi connectivity index (χ1v) is 6.50. The van der Waals surface area contributed by atoms with E-state index in [1.165, 1.54) is 11.3 Å². The normalized spacial score (nSPS) is 15.5. The minimum Gasteiger partial charge on any atom is -0.288 e. The highest BCUT2D eigenvalue weighted by molar-refractivity contribution is 7.10. The van der Waals surface area contributed by atoms with Gasteiger partial charge in [-0.2, -0.15) is 0 Å². The van der Waals surface area contributed by atoms with Crippen molar-refractivity contribution in [1.82, 2.24) is 4.90 Å². The minimum absolute atomic E-state index is 0.337. The Morgan fingerprint density at radius 2 is 1.63 bits per heavy atom. The highest BCUT2D eigenvalue weighted by Crippen LogP contribution is 2.31. The second kappa shape index (κ2) is 4.44. The van der Waals surface area contributed by atoms with Crippen molar-refractivity contribution in [2.75, 3.05) is 0 Å². The summed E-state index contributed by atoms with van der Waals surface area (Å²) in [7, 11) is 0. The first-order valence-electron chi connectivity index (χ1n) is 5.62. The maximum absolute atomic E-state index is 12.2. The molecule has 0 aliphatic carbocycles. The van der Waals surface area contributed by atoms with Crippen LogP contribution in [0, 0.1) is 0 Å². The van der Waals surface area contributed by atoms with E-state index < -0.39 is 17.9 Å². The van der Waals surface area contributed by atoms with Gasteiger partial charge in [0.25, 0.3) is 11.8 Å². The number of benzene rings is 1. The lowest BCUT2D eigenvalue weighted by Crippen LogP contribution is -2.34. The second-order valence-electron chi connectivity index (χ2n) is 4.06. The molecule has 4 nitrogen and oxygen atoms in total. The van der Waals surface area contributed by atoms with Crippen LogP contribution in [0.2, 0.25) is 0 Å². The number of nitrogens with zero attached hydrogens (tertiary/aromatic N) is 1. The Bertz CT molecular complexity index is 628. The fraction of sp³-hybridized carbons (Fsp3) is 0.0714. The number of thiophene rings is 1. The van der Waals surface area contributed by atoms with E-state index in [1.807, 2.05) is 0 Å². The maximum Gasteiger partial charge on any atom is 0.262 e. The molecule has 2 aromatic rings. The maximum atomic E-state index is 12.2. The molecule has 1 aromatic carbocycles. The average molecular weight is 270 g/mol. The monoisotopic (exact) mass is 270 g/mol. The third kappa shape index (κ3) is 1.70. The molecule has 3 rings (SSSR count). The molecule has 0 saturated carbocycles. The summed E-state index contributed by atoms with van der Waals surface area (Å²) in [6.07, 6.45) is 1.79. The second-order valence-corrected chi connectivity index (χ2v) is 5.04. The predicted molar refractivity (Wildman–Crippen MR) is 69.7 cm³/mol. The van der Waals surface area contributed by atoms with Gasteiger partial charge in [0.05, 0.1) is 11.1 Å². The van der Waals surface area contributed by atoms with E-state index in [1.54, 1.807) is 48.1 Å². The Labute approximate surface area is 113 Å². The largest absolute Gasteiger partial charge is 0.288 e. The molecule has 1 aliphatic heterocycles. The van der Waals surface area contributed by atoms with Crippen LogP contribution in [0.4, 0.5) is 0 Å². The van der Waals surface area contributed by atoms with Crippen LogP contribution in [0.5, 0.6) is 0 Å². The molecule has 0 fully saturated rings. The molecule has 1 aromatic heterocycles. The summed E-state index contributed by atoms with van der Waals surface area (Å²) in [5.41, 5.74) is 0.675. The lowest BCUT2D eigenvalue weighted by Gasteiger charge is -2.19. The predicted octanol–water partition coefficient (Wildman–Crippen LogP) is 2.20. The Morgan fingerprint density at radius 1 is 1.00 bits per heavy atom. The Morgan fingerprint density at radius 3 is 2.11 bits per heavy atom. The average Bonchev–Trinajstić information content (AvgIpc) is 3.04. The molecule has 0 saturated heterocycles. The van der Waals surface area contributed by atoms with E-state index in [4.69, 9.17) is 0 Å². The lowest BCUT2D eigenvalue weighted by atomic mass is 10.1. The molecule has 2 heterocycles. The molecule has 0 N–H and O–H groups in total. The number of fused-ring (bicyclic) bond motifs is 1. The molecule has 1 atom stereocenters. The fourth-order valence-corrected chi connectivity index (χ4v) is 2.88. The first kappa shape index (κ1) is 11.8. The molecular weight excluding hydrogens is 262 g/mol. The summed E-state index contributed by atoms with van der Waals surface area (Å²) in [6.45, 7) is 0. The smallest absolute Gasteiger partial charge is 0.262 e. The quantitative estimate of drug-likeness (QED) is 0.803. The fourth-order valence-electron chi connectivity index (χ4n) is 2.13. The van der Waals surface area contributed by atoms with Crippen LogP contribution in [0.1, 0.15) is 31.6 Å². The van der Waals surface area contributed by atoms with Crippen molar-refractivity contribution in [2.24, 2.45) is 0 Å². The van der Waals surface area contributed by atoms with Crippen molar-refractivity contribution >= 4 is 29.4 Å². The van der Waals surface area contributed by atoms with Gasteiger partial charge in [-0.1, -0.05) is 18.2 Å². The summed E-state index contributed by atoms with van der Waals surface area (Å²) in [5.74, 6) is -0.885. The molecule has 19 heavy (non-hydrogen) atoms. The summed E-state index contributed by atoms with van der Waals surface area (Å²) in [5, 5.41) is 1.79. The van der Waals surface area contributed by atoms with Gasteiger partial charge in [0.2, 0.25) is 6.29 Å². The summed E-state index contributed by atoms with van der Waals surface area (Å²) in [4.78, 5) is 37.2. The van der Waals surface area contributed by atoms with Crippen LogP contribution in [0.15, 0.2) is 41.8 Å². The molecule has 93 valence electrons. The zero-order valence-electron chi connectivity index (χ0n) is 9.70. The molecule has 2 amide bonds. The van der Waals surface area contributed by atoms with Gasteiger partial charge in [-0.25, -0.2) is 0 Å². The summed E-state index contributed by atoms with van der Waals surface area (Å²) >= 11 is 1.32. The number of amides is 2.